The van der Waals surface area contributed by atoms with Gasteiger partial charge in [-0.3, -0.25) is 0 Å². The molecule has 2 heterocycles. The Morgan fingerprint density at radius 3 is 3.00 bits per heavy atom. The van der Waals surface area contributed by atoms with Crippen molar-refractivity contribution in [2.45, 2.75) is 31.8 Å². The molecule has 0 radical (unpaired) electrons. The molecule has 84 valence electrons. The summed E-state index contributed by atoms with van der Waals surface area (Å²) in [7, 11) is 0. The summed E-state index contributed by atoms with van der Waals surface area (Å²) in [6.45, 7) is 4.51. The van der Waals surface area contributed by atoms with Gasteiger partial charge in [0.05, 0.1) is 6.33 Å². The van der Waals surface area contributed by atoms with Crippen LogP contribution in [-0.2, 0) is 6.54 Å². The molecule has 0 amide bonds. The first-order chi connectivity index (χ1) is 7.45. The average molecular weight is 208 g/mol. The van der Waals surface area contributed by atoms with E-state index >= 15 is 0 Å². The molecule has 15 heavy (non-hydrogen) atoms. The highest BCUT2D eigenvalue weighted by atomic mass is 15.0. The van der Waals surface area contributed by atoms with Crippen LogP contribution in [0, 0.1) is 0 Å². The Morgan fingerprint density at radius 2 is 2.27 bits per heavy atom. The van der Waals surface area contributed by atoms with Crippen molar-refractivity contribution >= 4 is 0 Å². The van der Waals surface area contributed by atoms with E-state index in [9.17, 15) is 0 Å². The molecular weight excluding hydrogens is 188 g/mol. The molecule has 4 heteroatoms. The number of aromatic nitrogens is 2. The molecule has 4 nitrogen and oxygen atoms in total. The molecule has 0 unspecified atom stereocenters. The minimum absolute atomic E-state index is 0.731. The molecule has 2 N–H and O–H groups in total. The number of rotatable bonds is 5. The fourth-order valence-corrected chi connectivity index (χ4v) is 2.01. The largest absolute Gasteiger partial charge is 0.337 e. The van der Waals surface area contributed by atoms with Crippen molar-refractivity contribution in [3.8, 4) is 0 Å². The van der Waals surface area contributed by atoms with E-state index in [1.807, 2.05) is 18.7 Å². The van der Waals surface area contributed by atoms with Crippen LogP contribution in [0.4, 0.5) is 0 Å². The topological polar surface area (TPSA) is 41.9 Å². The standard InChI is InChI=1S/C11H20N4/c1(8-15-9-7-13-10-15)4-14-11-2-5-12-6-3-11/h7,9-12,14H,1-6,8H2. The number of nitrogens with one attached hydrogen (secondary N) is 2. The van der Waals surface area contributed by atoms with Gasteiger partial charge in [-0.05, 0) is 38.9 Å². The minimum atomic E-state index is 0.731. The van der Waals surface area contributed by atoms with Crippen molar-refractivity contribution in [1.82, 2.24) is 20.2 Å². The molecule has 1 aromatic heterocycles. The molecule has 1 fully saturated rings. The number of piperidine rings is 1. The Bertz CT molecular complexity index is 252. The first kappa shape index (κ1) is 10.6. The van der Waals surface area contributed by atoms with Crippen LogP contribution >= 0.6 is 0 Å². The molecule has 0 aliphatic carbocycles. The van der Waals surface area contributed by atoms with Gasteiger partial charge in [-0.1, -0.05) is 0 Å². The van der Waals surface area contributed by atoms with Gasteiger partial charge in [0.2, 0.25) is 0 Å². The lowest BCUT2D eigenvalue weighted by molar-refractivity contribution is 0.382. The van der Waals surface area contributed by atoms with Crippen LogP contribution < -0.4 is 10.6 Å². The van der Waals surface area contributed by atoms with E-state index in [4.69, 9.17) is 0 Å². The van der Waals surface area contributed by atoms with Gasteiger partial charge in [0, 0.05) is 25.0 Å². The Labute approximate surface area is 91.1 Å². The Kier molecular flexibility index (Phi) is 4.17. The van der Waals surface area contributed by atoms with Gasteiger partial charge in [0.1, 0.15) is 0 Å². The van der Waals surface area contributed by atoms with E-state index in [-0.39, 0.29) is 0 Å². The van der Waals surface area contributed by atoms with Crippen LogP contribution in [-0.4, -0.2) is 35.2 Å². The zero-order valence-corrected chi connectivity index (χ0v) is 9.15. The summed E-state index contributed by atoms with van der Waals surface area (Å²) in [5, 5.41) is 6.99. The second-order valence-electron chi connectivity index (χ2n) is 4.13. The van der Waals surface area contributed by atoms with Gasteiger partial charge in [-0.15, -0.1) is 0 Å². The maximum Gasteiger partial charge on any atom is 0.0945 e. The van der Waals surface area contributed by atoms with Gasteiger partial charge in [0.25, 0.3) is 0 Å². The Hall–Kier alpha value is -0.870. The predicted octanol–water partition coefficient (Wildman–Crippen LogP) is 0.615. The fourth-order valence-electron chi connectivity index (χ4n) is 2.01. The van der Waals surface area contributed by atoms with Crippen LogP contribution in [0.3, 0.4) is 0 Å². The number of imidazole rings is 1. The van der Waals surface area contributed by atoms with Crippen molar-refractivity contribution in [3.05, 3.63) is 18.7 Å². The second-order valence-corrected chi connectivity index (χ2v) is 4.13. The summed E-state index contributed by atoms with van der Waals surface area (Å²) >= 11 is 0. The predicted molar refractivity (Wildman–Crippen MR) is 60.7 cm³/mol. The van der Waals surface area contributed by atoms with E-state index in [2.05, 4.69) is 20.2 Å². The molecule has 0 atom stereocenters. The van der Waals surface area contributed by atoms with Crippen LogP contribution in [0.15, 0.2) is 18.7 Å². The van der Waals surface area contributed by atoms with Crippen LogP contribution in [0.2, 0.25) is 0 Å². The van der Waals surface area contributed by atoms with E-state index < -0.39 is 0 Å². The van der Waals surface area contributed by atoms with Gasteiger partial charge in [-0.25, -0.2) is 4.98 Å². The van der Waals surface area contributed by atoms with Gasteiger partial charge >= 0.3 is 0 Å². The molecule has 0 bridgehead atoms. The number of nitrogens with zero attached hydrogens (tertiary/aromatic N) is 2. The summed E-state index contributed by atoms with van der Waals surface area (Å²) in [5.74, 6) is 0. The summed E-state index contributed by atoms with van der Waals surface area (Å²) < 4.78 is 2.13. The third-order valence-electron chi connectivity index (χ3n) is 2.92. The molecule has 1 saturated heterocycles. The highest BCUT2D eigenvalue weighted by Gasteiger charge is 2.10. The Balaban J connectivity index is 1.54. The van der Waals surface area contributed by atoms with E-state index in [1.165, 1.54) is 32.4 Å². The van der Waals surface area contributed by atoms with Crippen molar-refractivity contribution in [1.29, 1.82) is 0 Å². The summed E-state index contributed by atoms with van der Waals surface area (Å²) in [6.07, 6.45) is 9.45. The maximum absolute atomic E-state index is 4.03. The quantitative estimate of drug-likeness (QED) is 0.697. The average Bonchev–Trinajstić information content (AvgIpc) is 2.79. The van der Waals surface area contributed by atoms with Crippen molar-refractivity contribution < 1.29 is 0 Å². The normalized spacial score (nSPS) is 18.1. The van der Waals surface area contributed by atoms with Crippen molar-refractivity contribution in [2.75, 3.05) is 19.6 Å². The number of hydrogen-bond donors (Lipinski definition) is 2. The monoisotopic (exact) mass is 208 g/mol. The van der Waals surface area contributed by atoms with Gasteiger partial charge in [-0.2, -0.15) is 0 Å². The van der Waals surface area contributed by atoms with E-state index in [0.29, 0.717) is 0 Å². The smallest absolute Gasteiger partial charge is 0.0945 e. The van der Waals surface area contributed by atoms with Crippen LogP contribution in [0.1, 0.15) is 19.3 Å². The zero-order valence-electron chi connectivity index (χ0n) is 9.15. The van der Waals surface area contributed by atoms with Crippen molar-refractivity contribution in [2.24, 2.45) is 0 Å². The van der Waals surface area contributed by atoms with E-state index in [0.717, 1.165) is 19.1 Å². The molecule has 0 aromatic carbocycles. The molecule has 0 saturated carbocycles. The molecule has 1 aromatic rings. The van der Waals surface area contributed by atoms with Crippen molar-refractivity contribution in [3.63, 3.8) is 0 Å². The van der Waals surface area contributed by atoms with E-state index in [1.54, 1.807) is 0 Å². The molecular formula is C11H20N4. The van der Waals surface area contributed by atoms with Gasteiger partial charge < -0.3 is 15.2 Å². The summed E-state index contributed by atoms with van der Waals surface area (Å²) in [4.78, 5) is 4.03. The first-order valence-corrected chi connectivity index (χ1v) is 5.85. The first-order valence-electron chi connectivity index (χ1n) is 5.85. The molecule has 1 aliphatic rings. The molecule has 2 rings (SSSR count). The lowest BCUT2D eigenvalue weighted by Crippen LogP contribution is -2.40. The highest BCUT2D eigenvalue weighted by Crippen LogP contribution is 2.01. The SMILES string of the molecule is c1cn(CCCNC2CCNCC2)cn1. The van der Waals surface area contributed by atoms with Crippen LogP contribution in [0.5, 0.6) is 0 Å². The van der Waals surface area contributed by atoms with Gasteiger partial charge in [0.15, 0.2) is 0 Å². The molecule has 0 spiro atoms. The number of hydrogen-bond acceptors (Lipinski definition) is 3. The third kappa shape index (κ3) is 3.64. The third-order valence-corrected chi connectivity index (χ3v) is 2.92. The fraction of sp³-hybridized carbons (Fsp3) is 0.727. The minimum Gasteiger partial charge on any atom is -0.337 e. The maximum atomic E-state index is 4.03. The number of aryl methyl sites for hydroxylation is 1. The second kappa shape index (κ2) is 5.88. The highest BCUT2D eigenvalue weighted by molar-refractivity contribution is 4.76. The lowest BCUT2D eigenvalue weighted by Gasteiger charge is -2.23. The lowest BCUT2D eigenvalue weighted by atomic mass is 10.1. The zero-order chi connectivity index (χ0) is 10.3. The Morgan fingerprint density at radius 1 is 1.40 bits per heavy atom. The molecule has 1 aliphatic heterocycles. The summed E-state index contributed by atoms with van der Waals surface area (Å²) in [5.41, 5.74) is 0. The van der Waals surface area contributed by atoms with Crippen LogP contribution in [0.25, 0.3) is 0 Å². The summed E-state index contributed by atoms with van der Waals surface area (Å²) in [6, 6.07) is 0.731.